The second-order valence-corrected chi connectivity index (χ2v) is 3.91. The summed E-state index contributed by atoms with van der Waals surface area (Å²) in [6.45, 7) is -0.106. The van der Waals surface area contributed by atoms with Crippen molar-refractivity contribution >= 4 is 26.8 Å². The molecule has 0 unspecified atom stereocenters. The lowest BCUT2D eigenvalue weighted by atomic mass is 10.2. The Morgan fingerprint density at radius 2 is 2.21 bits per heavy atom. The van der Waals surface area contributed by atoms with E-state index < -0.39 is 0 Å². The standard InChI is InChI=1S/C10H9BrFNO/c1-13-8(5-14)9(11)6-3-2-4-7(12)10(6)13/h2-4,14H,5H2,1H3. The van der Waals surface area contributed by atoms with Crippen LogP contribution in [-0.4, -0.2) is 9.67 Å². The number of para-hydroxylation sites is 1. The van der Waals surface area contributed by atoms with Crippen molar-refractivity contribution in [2.24, 2.45) is 7.05 Å². The molecule has 1 N–H and O–H groups in total. The van der Waals surface area contributed by atoms with E-state index >= 15 is 0 Å². The van der Waals surface area contributed by atoms with E-state index in [1.807, 2.05) is 6.07 Å². The predicted octanol–water partition coefficient (Wildman–Crippen LogP) is 2.57. The molecule has 2 rings (SSSR count). The van der Waals surface area contributed by atoms with Crippen LogP contribution in [0.5, 0.6) is 0 Å². The zero-order valence-corrected chi connectivity index (χ0v) is 9.18. The molecule has 14 heavy (non-hydrogen) atoms. The molecule has 1 heterocycles. The zero-order chi connectivity index (χ0) is 10.3. The maximum atomic E-state index is 13.5. The third kappa shape index (κ3) is 1.18. The molecular weight excluding hydrogens is 249 g/mol. The Morgan fingerprint density at radius 1 is 1.50 bits per heavy atom. The van der Waals surface area contributed by atoms with E-state index in [0.717, 1.165) is 9.86 Å². The number of rotatable bonds is 1. The predicted molar refractivity (Wildman–Crippen MR) is 56.5 cm³/mol. The van der Waals surface area contributed by atoms with Crippen LogP contribution in [-0.2, 0) is 13.7 Å². The van der Waals surface area contributed by atoms with Crippen LogP contribution in [0.15, 0.2) is 22.7 Å². The number of aliphatic hydroxyl groups excluding tert-OH is 1. The summed E-state index contributed by atoms with van der Waals surface area (Å²) in [7, 11) is 1.74. The molecule has 1 aromatic heterocycles. The zero-order valence-electron chi connectivity index (χ0n) is 7.59. The van der Waals surface area contributed by atoms with Crippen LogP contribution in [0.1, 0.15) is 5.69 Å². The molecule has 2 nitrogen and oxygen atoms in total. The first-order valence-corrected chi connectivity index (χ1v) is 4.98. The van der Waals surface area contributed by atoms with Gasteiger partial charge in [-0.3, -0.25) is 0 Å². The van der Waals surface area contributed by atoms with Crippen LogP contribution in [0.4, 0.5) is 4.39 Å². The van der Waals surface area contributed by atoms with Crippen LogP contribution in [0, 0.1) is 5.82 Å². The summed E-state index contributed by atoms with van der Waals surface area (Å²) in [5.41, 5.74) is 1.20. The molecule has 0 spiro atoms. The number of aromatic nitrogens is 1. The highest BCUT2D eigenvalue weighted by Crippen LogP contribution is 2.31. The molecule has 0 bridgehead atoms. The number of halogens is 2. The normalized spacial score (nSPS) is 11.1. The Morgan fingerprint density at radius 3 is 2.79 bits per heavy atom. The van der Waals surface area contributed by atoms with Crippen LogP contribution < -0.4 is 0 Å². The van der Waals surface area contributed by atoms with Crippen molar-refractivity contribution in [3.63, 3.8) is 0 Å². The molecule has 0 saturated heterocycles. The van der Waals surface area contributed by atoms with Crippen LogP contribution in [0.2, 0.25) is 0 Å². The van der Waals surface area contributed by atoms with E-state index in [0.29, 0.717) is 11.2 Å². The van der Waals surface area contributed by atoms with E-state index in [4.69, 9.17) is 5.11 Å². The van der Waals surface area contributed by atoms with Crippen LogP contribution in [0.3, 0.4) is 0 Å². The van der Waals surface area contributed by atoms with Gasteiger partial charge in [0.15, 0.2) is 0 Å². The van der Waals surface area contributed by atoms with E-state index in [2.05, 4.69) is 15.9 Å². The topological polar surface area (TPSA) is 25.2 Å². The molecule has 0 fully saturated rings. The number of hydrogen-bond donors (Lipinski definition) is 1. The molecule has 0 amide bonds. The van der Waals surface area contributed by atoms with Crippen molar-refractivity contribution in [3.8, 4) is 0 Å². The minimum Gasteiger partial charge on any atom is -0.390 e. The van der Waals surface area contributed by atoms with Crippen molar-refractivity contribution in [2.45, 2.75) is 6.61 Å². The maximum absolute atomic E-state index is 13.5. The summed E-state index contributed by atoms with van der Waals surface area (Å²) in [4.78, 5) is 0. The highest BCUT2D eigenvalue weighted by atomic mass is 79.9. The van der Waals surface area contributed by atoms with Crippen LogP contribution in [0.25, 0.3) is 10.9 Å². The quantitative estimate of drug-likeness (QED) is 0.835. The van der Waals surface area contributed by atoms with Crippen molar-refractivity contribution in [2.75, 3.05) is 0 Å². The third-order valence-corrected chi connectivity index (χ3v) is 3.25. The van der Waals surface area contributed by atoms with Crippen LogP contribution >= 0.6 is 15.9 Å². The smallest absolute Gasteiger partial charge is 0.147 e. The number of aliphatic hydroxyl groups is 1. The van der Waals surface area contributed by atoms with Crippen molar-refractivity contribution in [3.05, 3.63) is 34.2 Å². The fourth-order valence-electron chi connectivity index (χ4n) is 1.65. The highest BCUT2D eigenvalue weighted by molar-refractivity contribution is 9.10. The van der Waals surface area contributed by atoms with Gasteiger partial charge in [-0.15, -0.1) is 0 Å². The number of hydrogen-bond acceptors (Lipinski definition) is 1. The van der Waals surface area contributed by atoms with Gasteiger partial charge < -0.3 is 9.67 Å². The second-order valence-electron chi connectivity index (χ2n) is 3.11. The fourth-order valence-corrected chi connectivity index (χ4v) is 2.36. The van der Waals surface area contributed by atoms with Crippen molar-refractivity contribution in [1.29, 1.82) is 0 Å². The summed E-state index contributed by atoms with van der Waals surface area (Å²) in [6.07, 6.45) is 0. The highest BCUT2D eigenvalue weighted by Gasteiger charge is 2.14. The molecule has 0 radical (unpaired) electrons. The van der Waals surface area contributed by atoms with Crippen molar-refractivity contribution in [1.82, 2.24) is 4.57 Å². The first-order chi connectivity index (χ1) is 6.66. The summed E-state index contributed by atoms with van der Waals surface area (Å²) < 4.78 is 15.9. The van der Waals surface area contributed by atoms with Gasteiger partial charge in [0.25, 0.3) is 0 Å². The minimum atomic E-state index is -0.273. The Kier molecular flexibility index (Phi) is 2.33. The molecule has 0 aliphatic rings. The Hall–Kier alpha value is -0.870. The Bertz CT molecular complexity index is 492. The molecule has 0 aliphatic carbocycles. The molecular formula is C10H9BrFNO. The molecule has 0 aliphatic heterocycles. The first kappa shape index (κ1) is 9.68. The largest absolute Gasteiger partial charge is 0.390 e. The number of nitrogens with zero attached hydrogens (tertiary/aromatic N) is 1. The monoisotopic (exact) mass is 257 g/mol. The number of fused-ring (bicyclic) bond motifs is 1. The van der Waals surface area contributed by atoms with E-state index in [9.17, 15) is 4.39 Å². The minimum absolute atomic E-state index is 0.106. The molecule has 0 saturated carbocycles. The van der Waals surface area contributed by atoms with Gasteiger partial charge in [-0.25, -0.2) is 4.39 Å². The van der Waals surface area contributed by atoms with Gasteiger partial charge in [-0.1, -0.05) is 12.1 Å². The Labute approximate surface area is 89.1 Å². The van der Waals surface area contributed by atoms with Gasteiger partial charge in [0, 0.05) is 16.9 Å². The van der Waals surface area contributed by atoms with E-state index in [1.165, 1.54) is 6.07 Å². The molecule has 1 aromatic carbocycles. The van der Waals surface area contributed by atoms with Gasteiger partial charge in [-0.05, 0) is 22.0 Å². The van der Waals surface area contributed by atoms with Gasteiger partial charge in [-0.2, -0.15) is 0 Å². The summed E-state index contributed by atoms with van der Waals surface area (Å²) in [5.74, 6) is -0.273. The summed E-state index contributed by atoms with van der Waals surface area (Å²) in [6, 6.07) is 4.89. The number of benzene rings is 1. The fraction of sp³-hybridized carbons (Fsp3) is 0.200. The average molecular weight is 258 g/mol. The van der Waals surface area contributed by atoms with Gasteiger partial charge in [0.05, 0.1) is 17.8 Å². The lowest BCUT2D eigenvalue weighted by Crippen LogP contribution is -1.96. The van der Waals surface area contributed by atoms with Gasteiger partial charge in [0.2, 0.25) is 0 Å². The van der Waals surface area contributed by atoms with Gasteiger partial charge >= 0.3 is 0 Å². The van der Waals surface area contributed by atoms with E-state index in [1.54, 1.807) is 17.7 Å². The van der Waals surface area contributed by atoms with Gasteiger partial charge in [0.1, 0.15) is 5.82 Å². The average Bonchev–Trinajstić information content (AvgIpc) is 2.41. The second kappa shape index (κ2) is 3.37. The molecule has 0 atom stereocenters. The molecule has 74 valence electrons. The summed E-state index contributed by atoms with van der Waals surface area (Å²) in [5, 5.41) is 9.91. The molecule has 2 aromatic rings. The summed E-state index contributed by atoms with van der Waals surface area (Å²) >= 11 is 3.35. The third-order valence-electron chi connectivity index (χ3n) is 2.37. The first-order valence-electron chi connectivity index (χ1n) is 4.19. The lowest BCUT2D eigenvalue weighted by Gasteiger charge is -2.00. The Balaban J connectivity index is 2.94. The number of aryl methyl sites for hydroxylation is 1. The van der Waals surface area contributed by atoms with Crippen molar-refractivity contribution < 1.29 is 9.50 Å². The maximum Gasteiger partial charge on any atom is 0.147 e. The SMILES string of the molecule is Cn1c(CO)c(Br)c2cccc(F)c21. The lowest BCUT2D eigenvalue weighted by molar-refractivity contribution is 0.272. The van der Waals surface area contributed by atoms with E-state index in [-0.39, 0.29) is 12.4 Å². The molecule has 4 heteroatoms.